The van der Waals surface area contributed by atoms with Crippen LogP contribution in [0.15, 0.2) is 72.8 Å². The van der Waals surface area contributed by atoms with Crippen molar-refractivity contribution in [1.29, 1.82) is 0 Å². The van der Waals surface area contributed by atoms with E-state index in [0.717, 1.165) is 35.1 Å². The zero-order valence-corrected chi connectivity index (χ0v) is 26.5. The second-order valence-corrected chi connectivity index (χ2v) is 13.0. The largest absolute Gasteiger partial charge is 0.354 e. The van der Waals surface area contributed by atoms with Gasteiger partial charge in [0.1, 0.15) is 6.04 Å². The molecule has 42 heavy (non-hydrogen) atoms. The summed E-state index contributed by atoms with van der Waals surface area (Å²) in [5, 5.41) is 3.52. The number of carbonyl (C=O) groups is 2. The number of anilines is 1. The van der Waals surface area contributed by atoms with E-state index in [-0.39, 0.29) is 37.7 Å². The van der Waals surface area contributed by atoms with Gasteiger partial charge in [0.2, 0.25) is 21.8 Å². The zero-order chi connectivity index (χ0) is 30.7. The molecule has 0 fully saturated rings. The highest BCUT2D eigenvalue weighted by Crippen LogP contribution is 2.24. The molecule has 226 valence electrons. The van der Waals surface area contributed by atoms with Crippen LogP contribution in [0.2, 0.25) is 5.02 Å². The molecule has 0 aromatic heterocycles. The smallest absolute Gasteiger partial charge is 0.243 e. The van der Waals surface area contributed by atoms with Crippen molar-refractivity contribution in [2.75, 3.05) is 23.7 Å². The number of aryl methyl sites for hydroxylation is 2. The van der Waals surface area contributed by atoms with Crippen molar-refractivity contribution in [3.05, 3.63) is 100 Å². The molecule has 2 amide bonds. The fourth-order valence-electron chi connectivity index (χ4n) is 4.75. The Hall–Kier alpha value is -3.36. The molecule has 7 nitrogen and oxygen atoms in total. The van der Waals surface area contributed by atoms with Gasteiger partial charge in [-0.25, -0.2) is 8.42 Å². The first kappa shape index (κ1) is 33.1. The maximum Gasteiger partial charge on any atom is 0.243 e. The number of halogens is 1. The van der Waals surface area contributed by atoms with Crippen LogP contribution in [0, 0.1) is 13.8 Å². The van der Waals surface area contributed by atoms with E-state index in [0.29, 0.717) is 23.7 Å². The van der Waals surface area contributed by atoms with Gasteiger partial charge < -0.3 is 10.2 Å². The molecule has 1 atom stereocenters. The molecule has 0 saturated heterocycles. The van der Waals surface area contributed by atoms with Crippen LogP contribution >= 0.6 is 11.6 Å². The SMILES string of the molecule is CCCCNC(=O)[C@@H](Cc1ccccc1)N(Cc1ccccc1Cl)C(=O)CCCN(c1ccc(C)c(C)c1)S(C)(=O)=O. The van der Waals surface area contributed by atoms with E-state index in [1.54, 1.807) is 17.0 Å². The van der Waals surface area contributed by atoms with Crippen LogP contribution in [0.4, 0.5) is 5.69 Å². The Kier molecular flexibility index (Phi) is 12.4. The van der Waals surface area contributed by atoms with Crippen molar-refractivity contribution in [1.82, 2.24) is 10.2 Å². The second kappa shape index (κ2) is 15.8. The van der Waals surface area contributed by atoms with E-state index in [4.69, 9.17) is 11.6 Å². The Morgan fingerprint density at radius 1 is 0.929 bits per heavy atom. The summed E-state index contributed by atoms with van der Waals surface area (Å²) in [6.07, 6.45) is 3.63. The van der Waals surface area contributed by atoms with Gasteiger partial charge in [0.25, 0.3) is 0 Å². The molecule has 0 saturated carbocycles. The van der Waals surface area contributed by atoms with Crippen LogP contribution < -0.4 is 9.62 Å². The monoisotopic (exact) mass is 611 g/mol. The molecule has 3 aromatic rings. The lowest BCUT2D eigenvalue weighted by Crippen LogP contribution is -2.50. The average Bonchev–Trinajstić information content (AvgIpc) is 2.95. The van der Waals surface area contributed by atoms with Gasteiger partial charge in [-0.3, -0.25) is 13.9 Å². The van der Waals surface area contributed by atoms with E-state index < -0.39 is 16.1 Å². The molecule has 0 bridgehead atoms. The number of hydrogen-bond acceptors (Lipinski definition) is 4. The summed E-state index contributed by atoms with van der Waals surface area (Å²) in [4.78, 5) is 29.1. The van der Waals surface area contributed by atoms with Crippen molar-refractivity contribution in [2.45, 2.75) is 65.5 Å². The van der Waals surface area contributed by atoms with E-state index in [1.165, 1.54) is 10.6 Å². The molecule has 3 aromatic carbocycles. The first-order chi connectivity index (χ1) is 20.0. The Morgan fingerprint density at radius 3 is 2.26 bits per heavy atom. The molecule has 1 N–H and O–H groups in total. The van der Waals surface area contributed by atoms with Gasteiger partial charge in [0, 0.05) is 37.5 Å². The highest BCUT2D eigenvalue weighted by molar-refractivity contribution is 7.92. The van der Waals surface area contributed by atoms with Crippen LogP contribution in [-0.4, -0.2) is 50.5 Å². The fourth-order valence-corrected chi connectivity index (χ4v) is 5.91. The Bertz CT molecular complexity index is 1450. The zero-order valence-electron chi connectivity index (χ0n) is 25.0. The Balaban J connectivity index is 1.88. The lowest BCUT2D eigenvalue weighted by molar-refractivity contribution is -0.141. The van der Waals surface area contributed by atoms with Gasteiger partial charge in [-0.15, -0.1) is 0 Å². The minimum Gasteiger partial charge on any atom is -0.354 e. The highest BCUT2D eigenvalue weighted by Gasteiger charge is 2.31. The molecule has 3 rings (SSSR count). The molecular formula is C33H42ClN3O4S. The summed E-state index contributed by atoms with van der Waals surface area (Å²) in [7, 11) is -3.58. The van der Waals surface area contributed by atoms with Gasteiger partial charge in [0.05, 0.1) is 11.9 Å². The molecule has 0 aliphatic heterocycles. The van der Waals surface area contributed by atoms with Crippen molar-refractivity contribution in [3.63, 3.8) is 0 Å². The molecular weight excluding hydrogens is 570 g/mol. The van der Waals surface area contributed by atoms with Gasteiger partial charge in [-0.05, 0) is 67.1 Å². The third-order valence-corrected chi connectivity index (χ3v) is 8.89. The minimum atomic E-state index is -3.58. The number of benzene rings is 3. The molecule has 9 heteroatoms. The number of sulfonamides is 1. The average molecular weight is 612 g/mol. The van der Waals surface area contributed by atoms with Gasteiger partial charge >= 0.3 is 0 Å². The lowest BCUT2D eigenvalue weighted by Gasteiger charge is -2.32. The number of unbranched alkanes of at least 4 members (excludes halogenated alkanes) is 1. The van der Waals surface area contributed by atoms with E-state index >= 15 is 0 Å². The maximum atomic E-state index is 13.9. The molecule has 0 aliphatic rings. The summed E-state index contributed by atoms with van der Waals surface area (Å²) >= 11 is 6.50. The second-order valence-electron chi connectivity index (χ2n) is 10.7. The van der Waals surface area contributed by atoms with Crippen molar-refractivity contribution in [3.8, 4) is 0 Å². The normalized spacial score (nSPS) is 12.0. The van der Waals surface area contributed by atoms with Crippen LogP contribution in [0.3, 0.4) is 0 Å². The number of hydrogen-bond donors (Lipinski definition) is 1. The summed E-state index contributed by atoms with van der Waals surface area (Å²) in [5.74, 6) is -0.462. The van der Waals surface area contributed by atoms with E-state index in [1.807, 2.05) is 74.5 Å². The maximum absolute atomic E-state index is 13.9. The predicted molar refractivity (Wildman–Crippen MR) is 171 cm³/mol. The fraction of sp³-hybridized carbons (Fsp3) is 0.394. The Labute approximate surface area is 255 Å². The summed E-state index contributed by atoms with van der Waals surface area (Å²) < 4.78 is 26.7. The molecule has 0 spiro atoms. The van der Waals surface area contributed by atoms with Crippen LogP contribution in [-0.2, 0) is 32.6 Å². The van der Waals surface area contributed by atoms with Crippen molar-refractivity contribution in [2.24, 2.45) is 0 Å². The van der Waals surface area contributed by atoms with Crippen molar-refractivity contribution < 1.29 is 18.0 Å². The first-order valence-electron chi connectivity index (χ1n) is 14.4. The van der Waals surface area contributed by atoms with Gasteiger partial charge in [0.15, 0.2) is 0 Å². The van der Waals surface area contributed by atoms with E-state index in [9.17, 15) is 18.0 Å². The van der Waals surface area contributed by atoms with Crippen LogP contribution in [0.25, 0.3) is 0 Å². The van der Waals surface area contributed by atoms with Crippen LogP contribution in [0.1, 0.15) is 54.9 Å². The molecule has 0 unspecified atom stereocenters. The number of rotatable bonds is 15. The summed E-state index contributed by atoms with van der Waals surface area (Å²) in [6, 6.07) is 21.7. The third-order valence-electron chi connectivity index (χ3n) is 7.33. The highest BCUT2D eigenvalue weighted by atomic mass is 35.5. The standard InChI is InChI=1S/C33H42ClN3O4S/c1-5-6-20-35-33(39)31(23-27-13-8-7-9-14-27)36(24-28-15-10-11-16-30(28)34)32(38)17-12-21-37(42(4,40)41)29-19-18-25(2)26(3)22-29/h7-11,13-16,18-19,22,31H,5-6,12,17,20-21,23-24H2,1-4H3,(H,35,39)/t31-/m1/s1. The van der Waals surface area contributed by atoms with Gasteiger partial charge in [-0.1, -0.05) is 79.5 Å². The molecule has 0 heterocycles. The van der Waals surface area contributed by atoms with Crippen LogP contribution in [0.5, 0.6) is 0 Å². The lowest BCUT2D eigenvalue weighted by atomic mass is 10.0. The summed E-state index contributed by atoms with van der Waals surface area (Å²) in [6.45, 7) is 6.78. The first-order valence-corrected chi connectivity index (χ1v) is 16.6. The predicted octanol–water partition coefficient (Wildman–Crippen LogP) is 6.06. The number of carbonyl (C=O) groups excluding carboxylic acids is 2. The van der Waals surface area contributed by atoms with Crippen molar-refractivity contribution >= 4 is 39.1 Å². The third kappa shape index (κ3) is 9.60. The Morgan fingerprint density at radius 2 is 1.62 bits per heavy atom. The molecule has 0 radical (unpaired) electrons. The summed E-state index contributed by atoms with van der Waals surface area (Å²) in [5.41, 5.74) is 4.29. The van der Waals surface area contributed by atoms with E-state index in [2.05, 4.69) is 12.2 Å². The number of nitrogens with one attached hydrogen (secondary N) is 1. The minimum absolute atomic E-state index is 0.0643. The molecule has 0 aliphatic carbocycles. The topological polar surface area (TPSA) is 86.8 Å². The van der Waals surface area contributed by atoms with Gasteiger partial charge in [-0.2, -0.15) is 0 Å². The quantitative estimate of drug-likeness (QED) is 0.212. The number of nitrogens with zero attached hydrogens (tertiary/aromatic N) is 2. The number of amides is 2.